The molecule has 2 atom stereocenters. The van der Waals surface area contributed by atoms with E-state index in [4.69, 9.17) is 4.74 Å². The molecule has 1 N–H and O–H groups in total. The zero-order valence-corrected chi connectivity index (χ0v) is 13.4. The molecule has 0 aromatic heterocycles. The Labute approximate surface area is 124 Å². The molecule has 1 aromatic carbocycles. The second kappa shape index (κ2) is 8.43. The predicted molar refractivity (Wildman–Crippen MR) is 84.7 cm³/mol. The molecule has 0 heterocycles. The Kier molecular flexibility index (Phi) is 7.25. The van der Waals surface area contributed by atoms with Gasteiger partial charge in [-0.3, -0.25) is 0 Å². The van der Waals surface area contributed by atoms with Gasteiger partial charge in [0.05, 0.1) is 6.10 Å². The van der Waals surface area contributed by atoms with Gasteiger partial charge in [-0.25, -0.2) is 0 Å². The number of ether oxygens (including phenoxy) is 1. The first-order valence-corrected chi connectivity index (χ1v) is 7.88. The van der Waals surface area contributed by atoms with Crippen molar-refractivity contribution in [2.75, 3.05) is 6.61 Å². The molecule has 20 heavy (non-hydrogen) atoms. The fraction of sp³-hybridized carbons (Fsp3) is 0.667. The molecule has 0 saturated carbocycles. The molecule has 0 aliphatic carbocycles. The second-order valence-electron chi connectivity index (χ2n) is 6.21. The van der Waals surface area contributed by atoms with Gasteiger partial charge in [-0.05, 0) is 31.2 Å². The maximum Gasteiger partial charge on any atom is 0.113 e. The highest BCUT2D eigenvalue weighted by molar-refractivity contribution is 5.22. The molecule has 0 bridgehead atoms. The summed E-state index contributed by atoms with van der Waals surface area (Å²) in [6, 6.07) is 9.85. The number of aliphatic hydroxyl groups is 1. The van der Waals surface area contributed by atoms with Gasteiger partial charge in [0.1, 0.15) is 5.60 Å². The van der Waals surface area contributed by atoms with Crippen LogP contribution < -0.4 is 0 Å². The molecule has 0 aliphatic heterocycles. The van der Waals surface area contributed by atoms with Gasteiger partial charge in [-0.1, -0.05) is 63.9 Å². The average Bonchev–Trinajstić information content (AvgIpc) is 2.42. The first kappa shape index (κ1) is 17.2. The van der Waals surface area contributed by atoms with E-state index in [-0.39, 0.29) is 6.10 Å². The molecule has 0 aliphatic rings. The Morgan fingerprint density at radius 1 is 1.15 bits per heavy atom. The number of rotatable bonds is 9. The highest BCUT2D eigenvalue weighted by atomic mass is 16.5. The van der Waals surface area contributed by atoms with Gasteiger partial charge in [0.15, 0.2) is 0 Å². The standard InChI is InChI=1S/C18H30O2/c1-5-6-10-13-20-17(14-15(2)3)18(4,19)16-11-8-7-9-12-16/h7-9,11-12,15,17,19H,5-6,10,13-14H2,1-4H3. The lowest BCUT2D eigenvalue weighted by molar-refractivity contribution is -0.112. The maximum atomic E-state index is 10.9. The van der Waals surface area contributed by atoms with E-state index in [1.165, 1.54) is 12.8 Å². The lowest BCUT2D eigenvalue weighted by Crippen LogP contribution is -2.39. The quantitative estimate of drug-likeness (QED) is 0.673. The van der Waals surface area contributed by atoms with Crippen LogP contribution in [0.1, 0.15) is 58.9 Å². The van der Waals surface area contributed by atoms with E-state index in [0.717, 1.165) is 25.0 Å². The van der Waals surface area contributed by atoms with Gasteiger partial charge < -0.3 is 9.84 Å². The Morgan fingerprint density at radius 3 is 2.35 bits per heavy atom. The third-order valence-electron chi connectivity index (χ3n) is 3.74. The van der Waals surface area contributed by atoms with E-state index in [1.807, 2.05) is 37.3 Å². The van der Waals surface area contributed by atoms with Crippen LogP contribution in [0.4, 0.5) is 0 Å². The molecule has 0 fully saturated rings. The number of hydrogen-bond acceptors (Lipinski definition) is 2. The topological polar surface area (TPSA) is 29.5 Å². The predicted octanol–water partition coefficient (Wildman–Crippen LogP) is 4.52. The monoisotopic (exact) mass is 278 g/mol. The minimum atomic E-state index is -0.933. The first-order valence-electron chi connectivity index (χ1n) is 7.88. The van der Waals surface area contributed by atoms with Crippen molar-refractivity contribution < 1.29 is 9.84 Å². The molecular formula is C18H30O2. The second-order valence-corrected chi connectivity index (χ2v) is 6.21. The van der Waals surface area contributed by atoms with Crippen LogP contribution in [0.25, 0.3) is 0 Å². The first-order chi connectivity index (χ1) is 9.48. The Bertz CT molecular complexity index is 357. The zero-order chi connectivity index (χ0) is 15.0. The normalized spacial score (nSPS) is 16.1. The highest BCUT2D eigenvalue weighted by Crippen LogP contribution is 2.30. The summed E-state index contributed by atoms with van der Waals surface area (Å²) in [5.41, 5.74) is -0.00118. The van der Waals surface area contributed by atoms with Gasteiger partial charge in [-0.15, -0.1) is 0 Å². The van der Waals surface area contributed by atoms with Crippen molar-refractivity contribution in [3.8, 4) is 0 Å². The largest absolute Gasteiger partial charge is 0.383 e. The molecule has 1 rings (SSSR count). The van der Waals surface area contributed by atoms with Crippen molar-refractivity contribution in [3.63, 3.8) is 0 Å². The van der Waals surface area contributed by atoms with Crippen LogP contribution in [0.3, 0.4) is 0 Å². The van der Waals surface area contributed by atoms with Crippen LogP contribution in [0, 0.1) is 5.92 Å². The third kappa shape index (κ3) is 5.26. The van der Waals surface area contributed by atoms with Crippen molar-refractivity contribution >= 4 is 0 Å². The van der Waals surface area contributed by atoms with Crippen LogP contribution in [0.2, 0.25) is 0 Å². The van der Waals surface area contributed by atoms with Crippen LogP contribution >= 0.6 is 0 Å². The summed E-state index contributed by atoms with van der Waals surface area (Å²) in [5, 5.41) is 10.9. The van der Waals surface area contributed by atoms with Crippen LogP contribution in [-0.4, -0.2) is 17.8 Å². The lowest BCUT2D eigenvalue weighted by atomic mass is 9.85. The van der Waals surface area contributed by atoms with Crippen molar-refractivity contribution in [1.29, 1.82) is 0 Å². The minimum absolute atomic E-state index is 0.151. The fourth-order valence-corrected chi connectivity index (χ4v) is 2.43. The molecule has 2 nitrogen and oxygen atoms in total. The molecule has 2 unspecified atom stereocenters. The van der Waals surface area contributed by atoms with Gasteiger partial charge in [0.2, 0.25) is 0 Å². The summed E-state index contributed by atoms with van der Waals surface area (Å²) < 4.78 is 6.02. The van der Waals surface area contributed by atoms with Gasteiger partial charge in [0.25, 0.3) is 0 Å². The van der Waals surface area contributed by atoms with E-state index >= 15 is 0 Å². The Morgan fingerprint density at radius 2 is 1.80 bits per heavy atom. The zero-order valence-electron chi connectivity index (χ0n) is 13.4. The summed E-state index contributed by atoms with van der Waals surface area (Å²) in [6.07, 6.45) is 4.15. The Hall–Kier alpha value is -0.860. The molecule has 114 valence electrons. The number of hydrogen-bond donors (Lipinski definition) is 1. The van der Waals surface area contributed by atoms with E-state index in [1.54, 1.807) is 0 Å². The Balaban J connectivity index is 2.74. The van der Waals surface area contributed by atoms with Crippen molar-refractivity contribution in [1.82, 2.24) is 0 Å². The minimum Gasteiger partial charge on any atom is -0.383 e. The van der Waals surface area contributed by atoms with Crippen LogP contribution in [-0.2, 0) is 10.3 Å². The summed E-state index contributed by atoms with van der Waals surface area (Å²) in [6.45, 7) is 9.13. The maximum absolute atomic E-state index is 10.9. The van der Waals surface area contributed by atoms with Gasteiger partial charge >= 0.3 is 0 Å². The fourth-order valence-electron chi connectivity index (χ4n) is 2.43. The van der Waals surface area contributed by atoms with Crippen molar-refractivity contribution in [2.45, 2.75) is 65.1 Å². The molecule has 2 heteroatoms. The van der Waals surface area contributed by atoms with Crippen molar-refractivity contribution in [2.24, 2.45) is 5.92 Å². The number of unbranched alkanes of at least 4 members (excludes halogenated alkanes) is 2. The van der Waals surface area contributed by atoms with Crippen LogP contribution in [0.15, 0.2) is 30.3 Å². The van der Waals surface area contributed by atoms with E-state index in [9.17, 15) is 5.11 Å². The lowest BCUT2D eigenvalue weighted by Gasteiger charge is -2.34. The number of benzene rings is 1. The summed E-state index contributed by atoms with van der Waals surface area (Å²) in [4.78, 5) is 0. The molecule has 0 radical (unpaired) electrons. The molecule has 0 saturated heterocycles. The molecular weight excluding hydrogens is 248 g/mol. The summed E-state index contributed by atoms with van der Waals surface area (Å²) in [5.74, 6) is 0.501. The van der Waals surface area contributed by atoms with Gasteiger partial charge in [0, 0.05) is 6.61 Å². The van der Waals surface area contributed by atoms with Gasteiger partial charge in [-0.2, -0.15) is 0 Å². The van der Waals surface area contributed by atoms with Crippen molar-refractivity contribution in [3.05, 3.63) is 35.9 Å². The SMILES string of the molecule is CCCCCOC(CC(C)C)C(C)(O)c1ccccc1. The third-order valence-corrected chi connectivity index (χ3v) is 3.74. The molecule has 0 spiro atoms. The van der Waals surface area contributed by atoms with E-state index in [2.05, 4.69) is 20.8 Å². The van der Waals surface area contributed by atoms with E-state index in [0.29, 0.717) is 5.92 Å². The van der Waals surface area contributed by atoms with E-state index < -0.39 is 5.60 Å². The summed E-state index contributed by atoms with van der Waals surface area (Å²) in [7, 11) is 0. The smallest absolute Gasteiger partial charge is 0.113 e. The van der Waals surface area contributed by atoms with Crippen LogP contribution in [0.5, 0.6) is 0 Å². The average molecular weight is 278 g/mol. The highest BCUT2D eigenvalue weighted by Gasteiger charge is 2.34. The molecule has 0 amide bonds. The summed E-state index contributed by atoms with van der Waals surface area (Å²) >= 11 is 0. The molecule has 1 aromatic rings.